The predicted molar refractivity (Wildman–Crippen MR) is 79.5 cm³/mol. The van der Waals surface area contributed by atoms with Crippen LogP contribution in [0.15, 0.2) is 29.6 Å². The van der Waals surface area contributed by atoms with E-state index in [4.69, 9.17) is 9.47 Å². The molecule has 0 aliphatic carbocycles. The van der Waals surface area contributed by atoms with Gasteiger partial charge in [0.25, 0.3) is 0 Å². The van der Waals surface area contributed by atoms with E-state index in [0.29, 0.717) is 0 Å². The lowest BCUT2D eigenvalue weighted by Gasteiger charge is -2.07. The Labute approximate surface area is 126 Å². The molecule has 0 saturated heterocycles. The lowest BCUT2D eigenvalue weighted by molar-refractivity contribution is 0.0511. The molecule has 6 heteroatoms. The van der Waals surface area contributed by atoms with Crippen LogP contribution < -0.4 is 0 Å². The third-order valence-corrected chi connectivity index (χ3v) is 3.52. The molecule has 0 fully saturated rings. The van der Waals surface area contributed by atoms with Gasteiger partial charge in [0.15, 0.2) is 0 Å². The molecule has 2 aromatic rings. The standard InChI is InChI=1S/C15H15NO4S/c1-3-19-14(17)11-8-10(13-6-5-7-21-13)9-12(16-11)15(18)20-4-2/h5-9H,3-4H2,1-2H3. The highest BCUT2D eigenvalue weighted by Gasteiger charge is 2.17. The summed E-state index contributed by atoms with van der Waals surface area (Å²) >= 11 is 1.51. The van der Waals surface area contributed by atoms with Gasteiger partial charge in [0.05, 0.1) is 13.2 Å². The maximum absolute atomic E-state index is 11.9. The molecule has 0 amide bonds. The lowest BCUT2D eigenvalue weighted by Crippen LogP contribution is -2.13. The van der Waals surface area contributed by atoms with Crippen molar-refractivity contribution < 1.29 is 19.1 Å². The van der Waals surface area contributed by atoms with Gasteiger partial charge in [-0.3, -0.25) is 0 Å². The van der Waals surface area contributed by atoms with Crippen molar-refractivity contribution in [1.29, 1.82) is 0 Å². The number of rotatable bonds is 5. The highest BCUT2D eigenvalue weighted by molar-refractivity contribution is 7.13. The second-order valence-corrected chi connectivity index (χ2v) is 4.99. The van der Waals surface area contributed by atoms with E-state index in [0.717, 1.165) is 10.4 Å². The van der Waals surface area contributed by atoms with Crippen LogP contribution in [0.3, 0.4) is 0 Å². The number of aromatic nitrogens is 1. The van der Waals surface area contributed by atoms with Crippen molar-refractivity contribution >= 4 is 23.3 Å². The molecule has 2 heterocycles. The third kappa shape index (κ3) is 3.66. The number of thiophene rings is 1. The first kappa shape index (κ1) is 15.2. The largest absolute Gasteiger partial charge is 0.461 e. The van der Waals surface area contributed by atoms with E-state index in [-0.39, 0.29) is 24.6 Å². The first-order chi connectivity index (χ1) is 10.2. The monoisotopic (exact) mass is 305 g/mol. The second kappa shape index (κ2) is 6.99. The zero-order chi connectivity index (χ0) is 15.2. The van der Waals surface area contributed by atoms with E-state index in [1.54, 1.807) is 26.0 Å². The summed E-state index contributed by atoms with van der Waals surface area (Å²) in [6.07, 6.45) is 0. The number of hydrogen-bond donors (Lipinski definition) is 0. The van der Waals surface area contributed by atoms with Gasteiger partial charge in [-0.25, -0.2) is 14.6 Å². The van der Waals surface area contributed by atoms with Gasteiger partial charge in [-0.15, -0.1) is 11.3 Å². The summed E-state index contributed by atoms with van der Waals surface area (Å²) in [4.78, 5) is 28.7. The molecule has 110 valence electrons. The zero-order valence-electron chi connectivity index (χ0n) is 11.8. The fourth-order valence-corrected chi connectivity index (χ4v) is 2.45. The van der Waals surface area contributed by atoms with Gasteiger partial charge >= 0.3 is 11.9 Å². The molecule has 2 rings (SSSR count). The molecule has 21 heavy (non-hydrogen) atoms. The predicted octanol–water partition coefficient (Wildman–Crippen LogP) is 3.16. The van der Waals surface area contributed by atoms with Crippen molar-refractivity contribution in [3.63, 3.8) is 0 Å². The van der Waals surface area contributed by atoms with Gasteiger partial charge in [-0.2, -0.15) is 0 Å². The van der Waals surface area contributed by atoms with Crippen LogP contribution in [0.5, 0.6) is 0 Å². The molecule has 0 aliphatic rings. The van der Waals surface area contributed by atoms with Crippen LogP contribution >= 0.6 is 11.3 Å². The Kier molecular flexibility index (Phi) is 5.05. The second-order valence-electron chi connectivity index (χ2n) is 4.04. The number of pyridine rings is 1. The number of carbonyl (C=O) groups excluding carboxylic acids is 2. The summed E-state index contributed by atoms with van der Waals surface area (Å²) in [6.45, 7) is 3.93. The Morgan fingerprint density at radius 3 is 2.10 bits per heavy atom. The minimum atomic E-state index is -0.554. The average Bonchev–Trinajstić information content (AvgIpc) is 3.01. The number of esters is 2. The van der Waals surface area contributed by atoms with E-state index in [1.165, 1.54) is 11.3 Å². The summed E-state index contributed by atoms with van der Waals surface area (Å²) in [5.41, 5.74) is 0.947. The van der Waals surface area contributed by atoms with E-state index < -0.39 is 11.9 Å². The van der Waals surface area contributed by atoms with Crippen LogP contribution in [0.2, 0.25) is 0 Å². The molecule has 2 aromatic heterocycles. The van der Waals surface area contributed by atoms with E-state index in [2.05, 4.69) is 4.98 Å². The first-order valence-corrected chi connectivity index (χ1v) is 7.43. The van der Waals surface area contributed by atoms with Crippen molar-refractivity contribution in [3.05, 3.63) is 41.0 Å². The first-order valence-electron chi connectivity index (χ1n) is 6.56. The fourth-order valence-electron chi connectivity index (χ4n) is 1.73. The van der Waals surface area contributed by atoms with E-state index >= 15 is 0 Å². The molecule has 0 saturated carbocycles. The highest BCUT2D eigenvalue weighted by Crippen LogP contribution is 2.26. The topological polar surface area (TPSA) is 65.5 Å². The molecule has 0 bridgehead atoms. The maximum atomic E-state index is 11.9. The van der Waals surface area contributed by atoms with Crippen molar-refractivity contribution in [2.45, 2.75) is 13.8 Å². The van der Waals surface area contributed by atoms with Gasteiger partial charge in [-0.05, 0) is 43.0 Å². The van der Waals surface area contributed by atoms with Crippen LogP contribution in [0, 0.1) is 0 Å². The lowest BCUT2D eigenvalue weighted by atomic mass is 10.1. The van der Waals surface area contributed by atoms with Gasteiger partial charge in [-0.1, -0.05) is 6.07 Å². The molecule has 0 aliphatic heterocycles. The summed E-state index contributed by atoms with van der Waals surface area (Å²) < 4.78 is 9.89. The molecule has 0 N–H and O–H groups in total. The fraction of sp³-hybridized carbons (Fsp3) is 0.267. The Morgan fingerprint density at radius 2 is 1.67 bits per heavy atom. The normalized spacial score (nSPS) is 10.2. The van der Waals surface area contributed by atoms with Gasteiger partial charge < -0.3 is 9.47 Å². The molecular formula is C15H15NO4S. The summed E-state index contributed by atoms with van der Waals surface area (Å²) in [5, 5.41) is 1.92. The quantitative estimate of drug-likeness (QED) is 0.794. The van der Waals surface area contributed by atoms with Crippen molar-refractivity contribution in [1.82, 2.24) is 4.98 Å². The number of carbonyl (C=O) groups is 2. The number of hydrogen-bond acceptors (Lipinski definition) is 6. The SMILES string of the molecule is CCOC(=O)c1cc(-c2cccs2)cc(C(=O)OCC)n1. The molecule has 0 spiro atoms. The molecule has 0 radical (unpaired) electrons. The molecule has 0 aromatic carbocycles. The maximum Gasteiger partial charge on any atom is 0.356 e. The van der Waals surface area contributed by atoms with Crippen LogP contribution in [-0.2, 0) is 9.47 Å². The van der Waals surface area contributed by atoms with Gasteiger partial charge in [0.2, 0.25) is 0 Å². The minimum absolute atomic E-state index is 0.103. The van der Waals surface area contributed by atoms with Crippen molar-refractivity contribution in [3.8, 4) is 10.4 Å². The molecule has 0 unspecified atom stereocenters. The third-order valence-electron chi connectivity index (χ3n) is 2.60. The van der Waals surface area contributed by atoms with Crippen LogP contribution in [-0.4, -0.2) is 30.1 Å². The summed E-state index contributed by atoms with van der Waals surface area (Å²) in [5.74, 6) is -1.11. The molecule has 0 atom stereocenters. The van der Waals surface area contributed by atoms with Crippen LogP contribution in [0.4, 0.5) is 0 Å². The minimum Gasteiger partial charge on any atom is -0.461 e. The Bertz CT molecular complexity index is 601. The summed E-state index contributed by atoms with van der Waals surface area (Å²) in [6, 6.07) is 7.04. The molecule has 5 nitrogen and oxygen atoms in total. The Morgan fingerprint density at radius 1 is 1.10 bits per heavy atom. The van der Waals surface area contributed by atoms with Crippen LogP contribution in [0.1, 0.15) is 34.8 Å². The van der Waals surface area contributed by atoms with E-state index in [9.17, 15) is 9.59 Å². The van der Waals surface area contributed by atoms with Gasteiger partial charge in [0, 0.05) is 4.88 Å². The molecular weight excluding hydrogens is 290 g/mol. The zero-order valence-corrected chi connectivity index (χ0v) is 12.6. The van der Waals surface area contributed by atoms with Crippen LogP contribution in [0.25, 0.3) is 10.4 Å². The number of nitrogens with zero attached hydrogens (tertiary/aromatic N) is 1. The van der Waals surface area contributed by atoms with Crippen molar-refractivity contribution in [2.24, 2.45) is 0 Å². The summed E-state index contributed by atoms with van der Waals surface area (Å²) in [7, 11) is 0. The Hall–Kier alpha value is -2.21. The van der Waals surface area contributed by atoms with Gasteiger partial charge in [0.1, 0.15) is 11.4 Å². The van der Waals surface area contributed by atoms with Crippen molar-refractivity contribution in [2.75, 3.05) is 13.2 Å². The number of ether oxygens (including phenoxy) is 2. The average molecular weight is 305 g/mol. The smallest absolute Gasteiger partial charge is 0.356 e. The highest BCUT2D eigenvalue weighted by atomic mass is 32.1. The van der Waals surface area contributed by atoms with E-state index in [1.807, 2.05) is 17.5 Å². The Balaban J connectivity index is 2.46.